The van der Waals surface area contributed by atoms with Crippen LogP contribution in [0.2, 0.25) is 0 Å². The molecule has 0 saturated carbocycles. The van der Waals surface area contributed by atoms with E-state index in [2.05, 4.69) is 35.4 Å². The average Bonchev–Trinajstić information content (AvgIpc) is 3.19. The highest BCUT2D eigenvalue weighted by atomic mass is 32.2. The van der Waals surface area contributed by atoms with Crippen LogP contribution in [0, 0.1) is 0 Å². The molecule has 1 saturated heterocycles. The number of carbonyl (C=O) groups is 3. The summed E-state index contributed by atoms with van der Waals surface area (Å²) < 4.78 is 0. The number of benzene rings is 1. The lowest BCUT2D eigenvalue weighted by Crippen LogP contribution is -2.52. The molecule has 35 heavy (non-hydrogen) atoms. The lowest BCUT2D eigenvalue weighted by Gasteiger charge is -2.29. The second-order valence-corrected chi connectivity index (χ2v) is 10.6. The van der Waals surface area contributed by atoms with Gasteiger partial charge in [-0.25, -0.2) is 0 Å². The summed E-state index contributed by atoms with van der Waals surface area (Å²) >= 11 is 1.81. The Morgan fingerprint density at radius 3 is 2.51 bits per heavy atom. The summed E-state index contributed by atoms with van der Waals surface area (Å²) in [6, 6.07) is 5.32. The maximum Gasteiger partial charge on any atom is 0.255 e. The van der Waals surface area contributed by atoms with Crippen LogP contribution in [-0.2, 0) is 16.1 Å². The second-order valence-electron chi connectivity index (χ2n) is 9.43. The van der Waals surface area contributed by atoms with Crippen molar-refractivity contribution in [2.75, 3.05) is 38.5 Å². The number of fused-ring (bicyclic) bond motifs is 1. The molecular formula is C27H42N4O3S. The van der Waals surface area contributed by atoms with Crippen LogP contribution < -0.4 is 10.6 Å². The van der Waals surface area contributed by atoms with Gasteiger partial charge in [0.05, 0.1) is 0 Å². The van der Waals surface area contributed by atoms with Crippen LogP contribution in [0.3, 0.4) is 0 Å². The maximum absolute atomic E-state index is 12.9. The van der Waals surface area contributed by atoms with Crippen molar-refractivity contribution in [3.8, 4) is 0 Å². The van der Waals surface area contributed by atoms with Crippen molar-refractivity contribution >= 4 is 29.5 Å². The maximum atomic E-state index is 12.9. The Kier molecular flexibility index (Phi) is 11.6. The van der Waals surface area contributed by atoms with Crippen molar-refractivity contribution in [1.29, 1.82) is 0 Å². The Morgan fingerprint density at radius 2 is 1.77 bits per heavy atom. The van der Waals surface area contributed by atoms with Gasteiger partial charge in [0, 0.05) is 36.5 Å². The van der Waals surface area contributed by atoms with Crippen LogP contribution in [-0.4, -0.2) is 72.0 Å². The summed E-state index contributed by atoms with van der Waals surface area (Å²) in [5.74, 6) is 0.330. The molecule has 1 aromatic rings. The SMILES string of the molecule is CCN(CC)CCNCCCCCCCCSc1cccc2c1CN(C1CCC(=O)NC1=O)C2=O. The van der Waals surface area contributed by atoms with E-state index < -0.39 is 6.04 Å². The highest BCUT2D eigenvalue weighted by molar-refractivity contribution is 7.99. The van der Waals surface area contributed by atoms with E-state index >= 15 is 0 Å². The number of hydrogen-bond acceptors (Lipinski definition) is 6. The topological polar surface area (TPSA) is 81.8 Å². The summed E-state index contributed by atoms with van der Waals surface area (Å²) in [6.07, 6.45) is 8.19. The number of hydrogen-bond donors (Lipinski definition) is 2. The molecule has 0 spiro atoms. The van der Waals surface area contributed by atoms with Gasteiger partial charge in [-0.3, -0.25) is 19.7 Å². The summed E-state index contributed by atoms with van der Waals surface area (Å²) in [4.78, 5) is 41.9. The van der Waals surface area contributed by atoms with E-state index in [0.29, 0.717) is 18.5 Å². The summed E-state index contributed by atoms with van der Waals surface area (Å²) in [7, 11) is 0. The lowest BCUT2D eigenvalue weighted by molar-refractivity contribution is -0.136. The minimum absolute atomic E-state index is 0.0977. The number of nitrogens with zero attached hydrogens (tertiary/aromatic N) is 2. The van der Waals surface area contributed by atoms with E-state index in [1.165, 1.54) is 38.5 Å². The molecule has 8 heteroatoms. The van der Waals surface area contributed by atoms with Crippen LogP contribution in [0.25, 0.3) is 0 Å². The smallest absolute Gasteiger partial charge is 0.255 e. The van der Waals surface area contributed by atoms with Crippen molar-refractivity contribution in [2.24, 2.45) is 0 Å². The third-order valence-corrected chi connectivity index (χ3v) is 8.23. The molecule has 1 unspecified atom stereocenters. The van der Waals surface area contributed by atoms with Gasteiger partial charge in [0.25, 0.3) is 5.91 Å². The minimum atomic E-state index is -0.553. The van der Waals surface area contributed by atoms with Crippen LogP contribution in [0.5, 0.6) is 0 Å². The zero-order valence-electron chi connectivity index (χ0n) is 21.4. The van der Waals surface area contributed by atoms with Crippen LogP contribution in [0.1, 0.15) is 81.1 Å². The first-order valence-corrected chi connectivity index (χ1v) is 14.4. The normalized spacial score (nSPS) is 17.9. The molecule has 1 atom stereocenters. The Labute approximate surface area is 214 Å². The Bertz CT molecular complexity index is 859. The van der Waals surface area contributed by atoms with Crippen molar-refractivity contribution in [1.82, 2.24) is 20.4 Å². The lowest BCUT2D eigenvalue weighted by atomic mass is 10.0. The molecule has 3 rings (SSSR count). The van der Waals surface area contributed by atoms with E-state index in [1.807, 2.05) is 23.9 Å². The van der Waals surface area contributed by atoms with Crippen LogP contribution >= 0.6 is 11.8 Å². The first kappa shape index (κ1) is 27.7. The largest absolute Gasteiger partial charge is 0.322 e. The monoisotopic (exact) mass is 502 g/mol. The highest BCUT2D eigenvalue weighted by Crippen LogP contribution is 2.34. The fourth-order valence-corrected chi connectivity index (χ4v) is 5.93. The molecule has 7 nitrogen and oxygen atoms in total. The van der Waals surface area contributed by atoms with E-state index in [1.54, 1.807) is 4.90 Å². The van der Waals surface area contributed by atoms with Gasteiger partial charge < -0.3 is 15.1 Å². The number of piperidine rings is 1. The van der Waals surface area contributed by atoms with E-state index in [4.69, 9.17) is 0 Å². The molecule has 194 valence electrons. The van der Waals surface area contributed by atoms with E-state index in [9.17, 15) is 14.4 Å². The van der Waals surface area contributed by atoms with E-state index in [-0.39, 0.29) is 24.1 Å². The zero-order chi connectivity index (χ0) is 25.0. The van der Waals surface area contributed by atoms with Gasteiger partial charge >= 0.3 is 0 Å². The van der Waals surface area contributed by atoms with Gasteiger partial charge in [-0.05, 0) is 62.3 Å². The Morgan fingerprint density at radius 1 is 1.03 bits per heavy atom. The van der Waals surface area contributed by atoms with Crippen LogP contribution in [0.15, 0.2) is 23.1 Å². The molecule has 2 aliphatic heterocycles. The molecule has 2 aliphatic rings. The fraction of sp³-hybridized carbons (Fsp3) is 0.667. The molecular weight excluding hydrogens is 460 g/mol. The predicted molar refractivity (Wildman–Crippen MR) is 142 cm³/mol. The molecule has 0 radical (unpaired) electrons. The van der Waals surface area contributed by atoms with Gasteiger partial charge in [0.2, 0.25) is 11.8 Å². The number of nitrogens with one attached hydrogen (secondary N) is 2. The van der Waals surface area contributed by atoms with Gasteiger partial charge in [-0.1, -0.05) is 45.6 Å². The number of carbonyl (C=O) groups excluding carboxylic acids is 3. The second kappa shape index (κ2) is 14.6. The summed E-state index contributed by atoms with van der Waals surface area (Å²) in [5, 5.41) is 5.93. The number of unbranched alkanes of at least 4 members (excludes halogenated alkanes) is 5. The van der Waals surface area contributed by atoms with Gasteiger partial charge in [0.15, 0.2) is 0 Å². The van der Waals surface area contributed by atoms with Crippen molar-refractivity contribution in [2.45, 2.75) is 82.7 Å². The first-order chi connectivity index (χ1) is 17.0. The third-order valence-electron chi connectivity index (χ3n) is 7.04. The summed E-state index contributed by atoms with van der Waals surface area (Å²) in [5.41, 5.74) is 1.73. The molecule has 1 aromatic carbocycles. The molecule has 0 aromatic heterocycles. The summed E-state index contributed by atoms with van der Waals surface area (Å²) in [6.45, 7) is 10.5. The number of amides is 3. The number of rotatable bonds is 16. The van der Waals surface area contributed by atoms with Crippen molar-refractivity contribution < 1.29 is 14.4 Å². The average molecular weight is 503 g/mol. The van der Waals surface area contributed by atoms with Gasteiger partial charge in [-0.2, -0.15) is 0 Å². The van der Waals surface area contributed by atoms with Gasteiger partial charge in [-0.15, -0.1) is 11.8 Å². The molecule has 0 aliphatic carbocycles. The van der Waals surface area contributed by atoms with Crippen molar-refractivity contribution in [3.63, 3.8) is 0 Å². The Balaban J connectivity index is 1.30. The van der Waals surface area contributed by atoms with Crippen molar-refractivity contribution in [3.05, 3.63) is 29.3 Å². The number of thioether (sulfide) groups is 1. The van der Waals surface area contributed by atoms with E-state index in [0.717, 1.165) is 48.9 Å². The molecule has 3 amide bonds. The zero-order valence-corrected chi connectivity index (χ0v) is 22.3. The van der Waals surface area contributed by atoms with Crippen LogP contribution in [0.4, 0.5) is 0 Å². The number of likely N-dealkylation sites (N-methyl/N-ethyl adjacent to an activating group) is 1. The number of imide groups is 1. The predicted octanol–water partition coefficient (Wildman–Crippen LogP) is 3.81. The first-order valence-electron chi connectivity index (χ1n) is 13.4. The molecule has 2 heterocycles. The molecule has 1 fully saturated rings. The quantitative estimate of drug-likeness (QED) is 0.203. The fourth-order valence-electron chi connectivity index (χ4n) is 4.84. The molecule has 2 N–H and O–H groups in total. The van der Waals surface area contributed by atoms with Gasteiger partial charge in [0.1, 0.15) is 6.04 Å². The third kappa shape index (κ3) is 8.05. The minimum Gasteiger partial charge on any atom is -0.322 e. The molecule has 0 bridgehead atoms. The Hall–Kier alpha value is -1.90. The highest BCUT2D eigenvalue weighted by Gasteiger charge is 2.39. The standard InChI is InChI=1S/C27H42N4O3S/c1-3-30(4-2)18-17-28-16-9-7-5-6-8-10-19-35-24-13-11-12-21-22(24)20-31(27(21)34)23-14-15-25(32)29-26(23)33/h11-13,23,28H,3-10,14-20H2,1-2H3,(H,29,32,33).